The van der Waals surface area contributed by atoms with Gasteiger partial charge in [-0.2, -0.15) is 0 Å². The molecule has 0 aromatic carbocycles. The van der Waals surface area contributed by atoms with E-state index in [2.05, 4.69) is 5.32 Å². The molecule has 0 spiro atoms. The summed E-state index contributed by atoms with van der Waals surface area (Å²) in [6.45, 7) is 8.78. The Morgan fingerprint density at radius 1 is 1.14 bits per heavy atom. The van der Waals surface area contributed by atoms with Gasteiger partial charge in [0.25, 0.3) is 5.91 Å². The summed E-state index contributed by atoms with van der Waals surface area (Å²) in [6, 6.07) is 0. The molecule has 7 heteroatoms. The van der Waals surface area contributed by atoms with Crippen molar-refractivity contribution in [2.75, 3.05) is 25.0 Å². The molecule has 1 heterocycles. The summed E-state index contributed by atoms with van der Waals surface area (Å²) in [4.78, 5) is 40.6. The van der Waals surface area contributed by atoms with Gasteiger partial charge in [-0.25, -0.2) is 4.79 Å². The molecule has 0 radical (unpaired) electrons. The van der Waals surface area contributed by atoms with Crippen LogP contribution in [0, 0.1) is 24.7 Å². The Kier molecular flexibility index (Phi) is 6.43. The molecule has 0 saturated heterocycles. The third-order valence-corrected chi connectivity index (χ3v) is 7.38. The minimum absolute atomic E-state index is 0.0122. The largest absolute Gasteiger partial charge is 0.462 e. The maximum atomic E-state index is 12.9. The van der Waals surface area contributed by atoms with Gasteiger partial charge in [0.05, 0.1) is 17.0 Å². The van der Waals surface area contributed by atoms with E-state index in [1.165, 1.54) is 17.8 Å². The van der Waals surface area contributed by atoms with Crippen molar-refractivity contribution < 1.29 is 19.1 Å². The Balaban J connectivity index is 1.89. The number of thiophene rings is 1. The molecule has 0 unspecified atom stereocenters. The Hall–Kier alpha value is -1.89. The summed E-state index contributed by atoms with van der Waals surface area (Å²) < 4.78 is 5.20. The number of hydrogen-bond donors (Lipinski definition) is 1. The number of nitrogens with zero attached hydrogens (tertiary/aromatic N) is 1. The summed E-state index contributed by atoms with van der Waals surface area (Å²) in [5.74, 6) is 0.500. The minimum atomic E-state index is -0.488. The zero-order valence-corrected chi connectivity index (χ0v) is 18.0. The van der Waals surface area contributed by atoms with Gasteiger partial charge in [0, 0.05) is 19.0 Å². The van der Waals surface area contributed by atoms with E-state index in [1.807, 2.05) is 13.8 Å². The molecule has 2 fully saturated rings. The number of ether oxygens (including phenoxy) is 1. The van der Waals surface area contributed by atoms with E-state index in [4.69, 9.17) is 4.74 Å². The number of carbonyl (C=O) groups excluding carboxylic acids is 3. The minimum Gasteiger partial charge on any atom is -0.462 e. The number of amides is 2. The van der Waals surface area contributed by atoms with Crippen molar-refractivity contribution in [2.24, 2.45) is 17.8 Å². The second-order valence-electron chi connectivity index (χ2n) is 7.73. The highest BCUT2D eigenvalue weighted by Gasteiger charge is 2.43. The van der Waals surface area contributed by atoms with Crippen LogP contribution in [0.5, 0.6) is 0 Å². The van der Waals surface area contributed by atoms with Gasteiger partial charge in [0.15, 0.2) is 0 Å². The molecule has 154 valence electrons. The fourth-order valence-electron chi connectivity index (χ4n) is 4.68. The third-order valence-electron chi connectivity index (χ3n) is 6.18. The van der Waals surface area contributed by atoms with E-state index in [0.29, 0.717) is 45.9 Å². The van der Waals surface area contributed by atoms with Crippen molar-refractivity contribution in [3.05, 3.63) is 16.0 Å². The zero-order chi connectivity index (χ0) is 20.4. The molecule has 28 heavy (non-hydrogen) atoms. The first-order valence-electron chi connectivity index (χ1n) is 10.3. The Labute approximate surface area is 170 Å². The molecule has 2 amide bonds. The summed E-state index contributed by atoms with van der Waals surface area (Å²) >= 11 is 1.19. The van der Waals surface area contributed by atoms with Crippen molar-refractivity contribution in [3.63, 3.8) is 0 Å². The fraction of sp³-hybridized carbons (Fsp3) is 0.667. The molecule has 1 N–H and O–H groups in total. The van der Waals surface area contributed by atoms with Crippen molar-refractivity contribution >= 4 is 34.1 Å². The Morgan fingerprint density at radius 3 is 2.39 bits per heavy atom. The van der Waals surface area contributed by atoms with Crippen molar-refractivity contribution in [1.82, 2.24) is 4.90 Å². The van der Waals surface area contributed by atoms with Crippen LogP contribution in [0.25, 0.3) is 0 Å². The van der Waals surface area contributed by atoms with Gasteiger partial charge >= 0.3 is 5.97 Å². The molecular weight excluding hydrogens is 376 g/mol. The molecule has 3 rings (SSSR count). The SMILES string of the molecule is CCOC(=O)c1c(NC(=O)[C@H]2C[C@@H]3CC[C@@H]2C3)sc(C(=O)N(CC)CC)c1C. The van der Waals surface area contributed by atoms with Gasteiger partial charge in [-0.15, -0.1) is 11.3 Å². The van der Waals surface area contributed by atoms with Gasteiger partial charge in [0.2, 0.25) is 5.91 Å². The number of esters is 1. The highest BCUT2D eigenvalue weighted by Crippen LogP contribution is 2.49. The lowest BCUT2D eigenvalue weighted by Crippen LogP contribution is -2.30. The number of hydrogen-bond acceptors (Lipinski definition) is 5. The van der Waals surface area contributed by atoms with Gasteiger partial charge in [-0.05, 0) is 64.4 Å². The zero-order valence-electron chi connectivity index (χ0n) is 17.2. The summed E-state index contributed by atoms with van der Waals surface area (Å²) in [5.41, 5.74) is 0.905. The van der Waals surface area contributed by atoms with E-state index >= 15 is 0 Å². The molecule has 6 nitrogen and oxygen atoms in total. The van der Waals surface area contributed by atoms with Crippen LogP contribution in [-0.4, -0.2) is 42.4 Å². The summed E-state index contributed by atoms with van der Waals surface area (Å²) in [5, 5.41) is 3.42. The highest BCUT2D eigenvalue weighted by atomic mass is 32.1. The lowest BCUT2D eigenvalue weighted by atomic mass is 9.88. The van der Waals surface area contributed by atoms with Crippen LogP contribution in [0.2, 0.25) is 0 Å². The highest BCUT2D eigenvalue weighted by molar-refractivity contribution is 7.18. The summed E-state index contributed by atoms with van der Waals surface area (Å²) in [7, 11) is 0. The van der Waals surface area contributed by atoms with Crippen molar-refractivity contribution in [3.8, 4) is 0 Å². The molecule has 2 aliphatic rings. The molecule has 3 atom stereocenters. The first kappa shape index (κ1) is 20.8. The van der Waals surface area contributed by atoms with Gasteiger partial charge in [-0.1, -0.05) is 6.42 Å². The molecular formula is C21H30N2O4S. The van der Waals surface area contributed by atoms with Crippen LogP contribution in [0.4, 0.5) is 5.00 Å². The van der Waals surface area contributed by atoms with Crippen LogP contribution in [0.3, 0.4) is 0 Å². The standard InChI is InChI=1S/C21H30N2O4S/c1-5-23(6-2)20(25)17-12(4)16(21(26)27-7-3)19(28-17)22-18(24)15-11-13-8-9-14(15)10-13/h13-15H,5-11H2,1-4H3,(H,22,24)/t13-,14-,15+/m1/s1. The average Bonchev–Trinajstić information content (AvgIpc) is 3.37. The fourth-order valence-corrected chi connectivity index (χ4v) is 5.85. The van der Waals surface area contributed by atoms with Crippen molar-refractivity contribution in [1.29, 1.82) is 0 Å². The molecule has 1 aromatic rings. The third kappa shape index (κ3) is 3.81. The maximum absolute atomic E-state index is 12.9. The Bertz CT molecular complexity index is 769. The number of rotatable bonds is 7. The molecule has 2 bridgehead atoms. The first-order valence-corrected chi connectivity index (χ1v) is 11.1. The Morgan fingerprint density at radius 2 is 1.86 bits per heavy atom. The number of nitrogens with one attached hydrogen (secondary N) is 1. The monoisotopic (exact) mass is 406 g/mol. The van der Waals surface area contributed by atoms with E-state index < -0.39 is 5.97 Å². The number of fused-ring (bicyclic) bond motifs is 2. The summed E-state index contributed by atoms with van der Waals surface area (Å²) in [6.07, 6.45) is 4.41. The van der Waals surface area contributed by atoms with Crippen LogP contribution >= 0.6 is 11.3 Å². The van der Waals surface area contributed by atoms with E-state index in [9.17, 15) is 14.4 Å². The number of anilines is 1. The lowest BCUT2D eigenvalue weighted by molar-refractivity contribution is -0.121. The van der Waals surface area contributed by atoms with Crippen LogP contribution < -0.4 is 5.32 Å². The predicted molar refractivity (Wildman–Crippen MR) is 110 cm³/mol. The molecule has 1 aromatic heterocycles. The topological polar surface area (TPSA) is 75.7 Å². The normalized spacial score (nSPS) is 22.9. The van der Waals surface area contributed by atoms with E-state index in [1.54, 1.807) is 18.7 Å². The van der Waals surface area contributed by atoms with Crippen LogP contribution in [0.1, 0.15) is 72.0 Å². The van der Waals surface area contributed by atoms with Gasteiger partial charge < -0.3 is 15.0 Å². The van der Waals surface area contributed by atoms with Crippen LogP contribution in [-0.2, 0) is 9.53 Å². The second-order valence-corrected chi connectivity index (χ2v) is 8.75. The second kappa shape index (κ2) is 8.64. The van der Waals surface area contributed by atoms with Crippen molar-refractivity contribution in [2.45, 2.75) is 53.4 Å². The number of carbonyl (C=O) groups is 3. The lowest BCUT2D eigenvalue weighted by Gasteiger charge is -2.20. The average molecular weight is 407 g/mol. The van der Waals surface area contributed by atoms with Gasteiger partial charge in [-0.3, -0.25) is 9.59 Å². The first-order chi connectivity index (χ1) is 13.4. The molecule has 2 saturated carbocycles. The van der Waals surface area contributed by atoms with E-state index in [0.717, 1.165) is 19.3 Å². The smallest absolute Gasteiger partial charge is 0.341 e. The predicted octanol–water partition coefficient (Wildman–Crippen LogP) is 4.09. The molecule has 0 aliphatic heterocycles. The van der Waals surface area contributed by atoms with Crippen LogP contribution in [0.15, 0.2) is 0 Å². The van der Waals surface area contributed by atoms with Gasteiger partial charge in [0.1, 0.15) is 5.00 Å². The van der Waals surface area contributed by atoms with E-state index in [-0.39, 0.29) is 24.3 Å². The maximum Gasteiger partial charge on any atom is 0.341 e. The molecule has 2 aliphatic carbocycles. The quantitative estimate of drug-likeness (QED) is 0.692.